The second-order valence-corrected chi connectivity index (χ2v) is 10.4. The Morgan fingerprint density at radius 3 is 2.34 bits per heavy atom. The molecule has 0 spiro atoms. The molecule has 3 rings (SSSR count). The van der Waals surface area contributed by atoms with Crippen molar-refractivity contribution in [1.29, 1.82) is 0 Å². The maximum atomic E-state index is 13.2. The number of rotatable bonds is 8. The van der Waals surface area contributed by atoms with E-state index in [0.717, 1.165) is 0 Å². The van der Waals surface area contributed by atoms with Crippen molar-refractivity contribution in [3.63, 3.8) is 0 Å². The van der Waals surface area contributed by atoms with Gasteiger partial charge >= 0.3 is 51.4 Å². The number of carboxylic acid groups (broad SMARTS) is 1. The molecule has 2 aliphatic rings. The van der Waals surface area contributed by atoms with Gasteiger partial charge in [0.05, 0.1) is 24.5 Å². The predicted octanol–water partition coefficient (Wildman–Crippen LogP) is -5.69. The molecule has 2 fully saturated rings. The third kappa shape index (κ3) is 6.18. The van der Waals surface area contributed by atoms with Crippen LogP contribution in [0.25, 0.3) is 0 Å². The molecule has 2 saturated heterocycles. The number of aliphatic carboxylic acids is 1. The van der Waals surface area contributed by atoms with Gasteiger partial charge in [-0.05, 0) is 31.5 Å². The van der Waals surface area contributed by atoms with E-state index in [1.165, 1.54) is 48.0 Å². The zero-order valence-corrected chi connectivity index (χ0v) is 23.7. The number of carbonyl (C=O) groups excluding carboxylic acids is 5. The molecule has 14 heteroatoms. The second-order valence-electron chi connectivity index (χ2n) is 8.58. The maximum absolute atomic E-state index is 13.2. The molecule has 0 radical (unpaired) electrons. The molecule has 0 aromatic heterocycles. The van der Waals surface area contributed by atoms with E-state index in [4.69, 9.17) is 5.73 Å². The van der Waals surface area contributed by atoms with Crippen molar-refractivity contribution in [2.75, 3.05) is 7.05 Å². The van der Waals surface area contributed by atoms with Gasteiger partial charge in [-0.1, -0.05) is 12.1 Å². The summed E-state index contributed by atoms with van der Waals surface area (Å²) in [5.41, 5.74) is 6.08. The molecule has 0 saturated carbocycles. The van der Waals surface area contributed by atoms with Crippen LogP contribution in [0.4, 0.5) is 0 Å². The van der Waals surface area contributed by atoms with Crippen LogP contribution in [0.5, 0.6) is 5.75 Å². The fourth-order valence-electron chi connectivity index (χ4n) is 3.97. The normalized spacial score (nSPS) is 23.6. The largest absolute Gasteiger partial charge is 1.00 e. The van der Waals surface area contributed by atoms with Gasteiger partial charge in [0.2, 0.25) is 23.6 Å². The average Bonchev–Trinajstić information content (AvgIpc) is 3.03. The van der Waals surface area contributed by atoms with E-state index >= 15 is 0 Å². The molecule has 2 heterocycles. The Balaban J connectivity index is 0.00000432. The first kappa shape index (κ1) is 29.5. The van der Waals surface area contributed by atoms with Gasteiger partial charge in [-0.25, -0.2) is 0 Å². The Morgan fingerprint density at radius 2 is 1.80 bits per heavy atom. The van der Waals surface area contributed by atoms with Gasteiger partial charge in [0, 0.05) is 11.8 Å². The van der Waals surface area contributed by atoms with Crippen LogP contribution in [-0.2, 0) is 24.0 Å². The van der Waals surface area contributed by atoms with E-state index < -0.39 is 63.9 Å². The molecule has 0 aliphatic carbocycles. The SMILES string of the molecule is CNC(=O)C[C@@H](N)C(=O)N[C@@H](C(=O)N[C@@H]1C(=O)N2[C@@H]1SC(C)(C)[C@@H]2C(=O)[O-])c1ccc(O)cc1.[K+]. The van der Waals surface area contributed by atoms with Crippen molar-refractivity contribution >= 4 is 41.4 Å². The van der Waals surface area contributed by atoms with Crippen molar-refractivity contribution in [3.8, 4) is 5.75 Å². The summed E-state index contributed by atoms with van der Waals surface area (Å²) in [5, 5.41) is 27.9. The molecule has 1 aromatic rings. The molecule has 5 atom stereocenters. The van der Waals surface area contributed by atoms with Gasteiger partial charge in [-0.15, -0.1) is 11.8 Å². The summed E-state index contributed by atoms with van der Waals surface area (Å²) in [5.74, 6) is -3.98. The minimum atomic E-state index is -1.38. The van der Waals surface area contributed by atoms with Gasteiger partial charge in [-0.2, -0.15) is 0 Å². The minimum absolute atomic E-state index is 0. The summed E-state index contributed by atoms with van der Waals surface area (Å²) < 4.78 is -0.824. The van der Waals surface area contributed by atoms with Gasteiger partial charge in [0.25, 0.3) is 0 Å². The monoisotopic (exact) mass is 531 g/mol. The molecule has 0 unspecified atom stereocenters. The number of phenolic OH excluding ortho intramolecular Hbond substituents is 1. The fraction of sp³-hybridized carbons (Fsp3) is 0.476. The molecule has 184 valence electrons. The topological polar surface area (TPSA) is 194 Å². The van der Waals surface area contributed by atoms with Crippen LogP contribution < -0.4 is 78.2 Å². The average molecular weight is 532 g/mol. The number of phenols is 1. The Kier molecular flexibility index (Phi) is 9.78. The number of benzene rings is 1. The second kappa shape index (κ2) is 11.6. The number of aromatic hydroxyl groups is 1. The van der Waals surface area contributed by atoms with Crippen LogP contribution in [-0.4, -0.2) is 74.9 Å². The Bertz CT molecular complexity index is 1020. The number of nitrogens with two attached hydrogens (primary N) is 1. The zero-order valence-electron chi connectivity index (χ0n) is 19.7. The summed E-state index contributed by atoms with van der Waals surface area (Å²) in [6, 6.07) is 0.808. The van der Waals surface area contributed by atoms with Crippen molar-refractivity contribution < 1.29 is 85.6 Å². The van der Waals surface area contributed by atoms with Gasteiger partial charge in [0.15, 0.2) is 0 Å². The number of thioether (sulfide) groups is 1. The van der Waals surface area contributed by atoms with E-state index in [2.05, 4.69) is 16.0 Å². The van der Waals surface area contributed by atoms with Crippen LogP contribution in [0.15, 0.2) is 24.3 Å². The first-order valence-electron chi connectivity index (χ1n) is 10.4. The molecule has 12 nitrogen and oxygen atoms in total. The number of hydrogen-bond donors (Lipinski definition) is 5. The van der Waals surface area contributed by atoms with Crippen LogP contribution in [0.3, 0.4) is 0 Å². The summed E-state index contributed by atoms with van der Waals surface area (Å²) in [6.45, 7) is 3.35. The number of nitrogens with one attached hydrogen (secondary N) is 3. The van der Waals surface area contributed by atoms with Gasteiger partial charge in [0.1, 0.15) is 23.2 Å². The van der Waals surface area contributed by atoms with Crippen molar-refractivity contribution in [2.45, 2.75) is 54.6 Å². The molecular formula is C21H26KN5O7S. The molecule has 4 amide bonds. The number of fused-ring (bicyclic) bond motifs is 1. The Labute approximate surface area is 248 Å². The van der Waals surface area contributed by atoms with E-state index in [-0.39, 0.29) is 63.6 Å². The molecule has 0 bridgehead atoms. The molecule has 2 aliphatic heterocycles. The predicted molar refractivity (Wildman–Crippen MR) is 119 cm³/mol. The van der Waals surface area contributed by atoms with E-state index in [9.17, 15) is 34.2 Å². The van der Waals surface area contributed by atoms with E-state index in [0.29, 0.717) is 5.56 Å². The number of amides is 4. The number of β-lactam (4-membered cyclic amide) rings is 1. The summed E-state index contributed by atoms with van der Waals surface area (Å²) in [6.07, 6.45) is -0.305. The number of carbonyl (C=O) groups is 5. The van der Waals surface area contributed by atoms with E-state index in [1.54, 1.807) is 13.8 Å². The van der Waals surface area contributed by atoms with Gasteiger partial charge < -0.3 is 41.6 Å². The third-order valence-corrected chi connectivity index (χ3v) is 7.33. The first-order valence-corrected chi connectivity index (χ1v) is 11.3. The van der Waals surface area contributed by atoms with Crippen molar-refractivity contribution in [1.82, 2.24) is 20.9 Å². The minimum Gasteiger partial charge on any atom is -0.548 e. The molecule has 1 aromatic carbocycles. The first-order chi connectivity index (χ1) is 15.9. The smallest absolute Gasteiger partial charge is 0.548 e. The Hall–Kier alpha value is -1.68. The molecule has 6 N–H and O–H groups in total. The van der Waals surface area contributed by atoms with Crippen LogP contribution >= 0.6 is 11.8 Å². The van der Waals surface area contributed by atoms with Crippen LogP contribution in [0, 0.1) is 0 Å². The molecule has 35 heavy (non-hydrogen) atoms. The summed E-state index contributed by atoms with van der Waals surface area (Å²) >= 11 is 1.23. The van der Waals surface area contributed by atoms with Crippen molar-refractivity contribution in [2.24, 2.45) is 5.73 Å². The van der Waals surface area contributed by atoms with Gasteiger partial charge in [-0.3, -0.25) is 19.2 Å². The standard InChI is InChI=1S/C21H27N5O7S.K/c1-21(2)15(20(32)33)26-18(31)14(19(26)34-21)25-17(30)13(9-4-6-10(27)7-5-9)24-16(29)11(22)8-12(28)23-3;/h4-7,11,13-15,19,27H,8,22H2,1-3H3,(H,23,28)(H,24,29)(H,25,30)(H,32,33);/q;+1/p-1/t11-,13-,14-,15+,19-;/m1./s1. The van der Waals surface area contributed by atoms with Crippen molar-refractivity contribution in [3.05, 3.63) is 29.8 Å². The van der Waals surface area contributed by atoms with E-state index in [1.807, 2.05) is 0 Å². The Morgan fingerprint density at radius 1 is 1.20 bits per heavy atom. The zero-order chi connectivity index (χ0) is 25.4. The number of hydrogen-bond acceptors (Lipinski definition) is 9. The van der Waals surface area contributed by atoms with Crippen LogP contribution in [0.1, 0.15) is 31.9 Å². The summed E-state index contributed by atoms with van der Waals surface area (Å²) in [7, 11) is 1.39. The quantitative estimate of drug-likeness (QED) is 0.160. The van der Waals surface area contributed by atoms with Crippen LogP contribution in [0.2, 0.25) is 0 Å². The molecular weight excluding hydrogens is 505 g/mol. The summed E-state index contributed by atoms with van der Waals surface area (Å²) in [4.78, 5) is 62.7. The maximum Gasteiger partial charge on any atom is 1.00 e. The number of nitrogens with zero attached hydrogens (tertiary/aromatic N) is 1. The fourth-order valence-corrected chi connectivity index (χ4v) is 5.59. The number of carboxylic acids is 1. The third-order valence-electron chi connectivity index (χ3n) is 5.76.